The number of hydrogen-bond acceptors (Lipinski definition) is 4. The lowest BCUT2D eigenvalue weighted by atomic mass is 10.2. The van der Waals surface area contributed by atoms with E-state index in [4.69, 9.17) is 4.74 Å². The second-order valence-electron chi connectivity index (χ2n) is 6.65. The molecule has 2 aromatic rings. The zero-order valence-electron chi connectivity index (χ0n) is 13.7. The molecule has 0 atom stereocenters. The van der Waals surface area contributed by atoms with E-state index in [1.807, 2.05) is 24.3 Å². The number of amides is 1. The van der Waals surface area contributed by atoms with Crippen molar-refractivity contribution in [2.45, 2.75) is 57.1 Å². The number of carbonyl (C=O) groups excluding carboxylic acids is 1. The van der Waals surface area contributed by atoms with Crippen molar-refractivity contribution >= 4 is 17.2 Å². The van der Waals surface area contributed by atoms with Crippen LogP contribution in [0.3, 0.4) is 0 Å². The normalized spacial score (nSPS) is 17.8. The van der Waals surface area contributed by atoms with Gasteiger partial charge in [0, 0.05) is 18.0 Å². The smallest absolute Gasteiger partial charge is 0.263 e. The Morgan fingerprint density at radius 1 is 1.21 bits per heavy atom. The van der Waals surface area contributed by atoms with Crippen LogP contribution in [0.25, 0.3) is 0 Å². The van der Waals surface area contributed by atoms with Crippen LogP contribution in [-0.2, 0) is 6.54 Å². The fourth-order valence-corrected chi connectivity index (χ4v) is 4.13. The van der Waals surface area contributed by atoms with Gasteiger partial charge in [-0.1, -0.05) is 18.2 Å². The van der Waals surface area contributed by atoms with Crippen LogP contribution in [0, 0.1) is 0 Å². The molecule has 1 amide bonds. The first-order valence-electron chi connectivity index (χ1n) is 8.78. The number of thiazole rings is 1. The van der Waals surface area contributed by atoms with E-state index in [0.717, 1.165) is 29.2 Å². The molecule has 1 aromatic heterocycles. The molecule has 2 aliphatic carbocycles. The van der Waals surface area contributed by atoms with E-state index >= 15 is 0 Å². The van der Waals surface area contributed by atoms with Crippen LogP contribution < -0.4 is 10.1 Å². The number of benzene rings is 1. The van der Waals surface area contributed by atoms with Gasteiger partial charge in [0.2, 0.25) is 0 Å². The van der Waals surface area contributed by atoms with E-state index in [9.17, 15) is 4.79 Å². The average Bonchev–Trinajstić information content (AvgIpc) is 3.11. The van der Waals surface area contributed by atoms with Crippen LogP contribution >= 0.6 is 11.3 Å². The predicted molar refractivity (Wildman–Crippen MR) is 94.6 cm³/mol. The van der Waals surface area contributed by atoms with Crippen molar-refractivity contribution in [3.8, 4) is 5.75 Å². The molecule has 2 saturated carbocycles. The minimum Gasteiger partial charge on any atom is -0.490 e. The Kier molecular flexibility index (Phi) is 4.52. The van der Waals surface area contributed by atoms with Gasteiger partial charge in [-0.2, -0.15) is 0 Å². The van der Waals surface area contributed by atoms with Crippen molar-refractivity contribution in [1.29, 1.82) is 0 Å². The molecule has 1 heterocycles. The average molecular weight is 342 g/mol. The third-order valence-electron chi connectivity index (χ3n) is 4.68. The van der Waals surface area contributed by atoms with E-state index in [-0.39, 0.29) is 5.91 Å². The second kappa shape index (κ2) is 6.93. The summed E-state index contributed by atoms with van der Waals surface area (Å²) >= 11 is 1.52. The number of carbonyl (C=O) groups is 1. The highest BCUT2D eigenvalue weighted by Gasteiger charge is 2.27. The van der Waals surface area contributed by atoms with Gasteiger partial charge in [-0.05, 0) is 44.6 Å². The van der Waals surface area contributed by atoms with E-state index in [2.05, 4.69) is 10.3 Å². The van der Waals surface area contributed by atoms with E-state index in [1.165, 1.54) is 37.0 Å². The first-order chi connectivity index (χ1) is 11.8. The Morgan fingerprint density at radius 2 is 2.00 bits per heavy atom. The minimum absolute atomic E-state index is 0.0462. The van der Waals surface area contributed by atoms with Gasteiger partial charge < -0.3 is 10.1 Å². The van der Waals surface area contributed by atoms with Crippen LogP contribution in [0.2, 0.25) is 0 Å². The number of nitrogens with zero attached hydrogens (tertiary/aromatic N) is 1. The highest BCUT2D eigenvalue weighted by Crippen LogP contribution is 2.41. The summed E-state index contributed by atoms with van der Waals surface area (Å²) in [5.74, 6) is 1.44. The minimum atomic E-state index is -0.0462. The third kappa shape index (κ3) is 3.61. The highest BCUT2D eigenvalue weighted by molar-refractivity contribution is 7.13. The zero-order chi connectivity index (χ0) is 16.4. The van der Waals surface area contributed by atoms with Gasteiger partial charge in [0.1, 0.15) is 10.6 Å². The number of hydrogen-bond donors (Lipinski definition) is 1. The van der Waals surface area contributed by atoms with Crippen molar-refractivity contribution in [2.75, 3.05) is 0 Å². The quantitative estimate of drug-likeness (QED) is 0.853. The number of nitrogens with one attached hydrogen (secondary N) is 1. The second-order valence-corrected chi connectivity index (χ2v) is 7.71. The summed E-state index contributed by atoms with van der Waals surface area (Å²) in [4.78, 5) is 17.4. The molecule has 5 heteroatoms. The maximum Gasteiger partial charge on any atom is 0.263 e. The van der Waals surface area contributed by atoms with Gasteiger partial charge >= 0.3 is 0 Å². The van der Waals surface area contributed by atoms with E-state index in [1.54, 1.807) is 6.20 Å². The topological polar surface area (TPSA) is 51.2 Å². The Hall–Kier alpha value is -1.88. The molecule has 0 radical (unpaired) electrons. The Bertz CT molecular complexity index is 718. The summed E-state index contributed by atoms with van der Waals surface area (Å²) in [7, 11) is 0. The molecule has 4 nitrogen and oxygen atoms in total. The number of rotatable bonds is 6. The zero-order valence-corrected chi connectivity index (χ0v) is 14.5. The summed E-state index contributed by atoms with van der Waals surface area (Å²) in [6.45, 7) is 0.485. The Labute approximate surface area is 146 Å². The first-order valence-corrected chi connectivity index (χ1v) is 9.60. The van der Waals surface area contributed by atoms with E-state index in [0.29, 0.717) is 23.4 Å². The summed E-state index contributed by atoms with van der Waals surface area (Å²) < 4.78 is 6.13. The van der Waals surface area contributed by atoms with Gasteiger partial charge in [0.15, 0.2) is 0 Å². The lowest BCUT2D eigenvalue weighted by Crippen LogP contribution is -2.22. The SMILES string of the molecule is O=C(NCc1ccccc1OC1CCCC1)c1cnc(C2CC2)s1. The van der Waals surface area contributed by atoms with Crippen LogP contribution in [0.5, 0.6) is 5.75 Å². The Balaban J connectivity index is 1.38. The number of ether oxygens (including phenoxy) is 1. The van der Waals surface area contributed by atoms with Crippen molar-refractivity contribution in [1.82, 2.24) is 10.3 Å². The van der Waals surface area contributed by atoms with Gasteiger partial charge in [-0.3, -0.25) is 4.79 Å². The molecule has 2 aliphatic rings. The molecule has 1 N–H and O–H groups in total. The standard InChI is InChI=1S/C19H22N2O2S/c22-18(17-12-21-19(24-17)13-9-10-13)20-11-14-5-1-4-8-16(14)23-15-6-2-3-7-15/h1,4-5,8,12-13,15H,2-3,6-7,9-11H2,(H,20,22). The molecule has 0 spiro atoms. The predicted octanol–water partition coefficient (Wildman–Crippen LogP) is 4.27. The van der Waals surface area contributed by atoms with Crippen molar-refractivity contribution in [3.63, 3.8) is 0 Å². The molecule has 0 aliphatic heterocycles. The molecular formula is C19H22N2O2S. The molecule has 24 heavy (non-hydrogen) atoms. The van der Waals surface area contributed by atoms with Crippen LogP contribution in [0.4, 0.5) is 0 Å². The maximum atomic E-state index is 12.3. The fourth-order valence-electron chi connectivity index (χ4n) is 3.12. The summed E-state index contributed by atoms with van der Waals surface area (Å²) in [5, 5.41) is 4.11. The molecule has 2 fully saturated rings. The molecule has 0 unspecified atom stereocenters. The molecule has 0 bridgehead atoms. The van der Waals surface area contributed by atoms with Gasteiger partial charge in [-0.25, -0.2) is 4.98 Å². The van der Waals surface area contributed by atoms with E-state index < -0.39 is 0 Å². The Morgan fingerprint density at radius 3 is 2.79 bits per heavy atom. The van der Waals surface area contributed by atoms with Crippen molar-refractivity contribution < 1.29 is 9.53 Å². The number of aromatic nitrogens is 1. The van der Waals surface area contributed by atoms with Crippen LogP contribution in [-0.4, -0.2) is 17.0 Å². The van der Waals surface area contributed by atoms with Crippen LogP contribution in [0.15, 0.2) is 30.5 Å². The van der Waals surface area contributed by atoms with Gasteiger partial charge in [0.05, 0.1) is 17.3 Å². The molecule has 0 saturated heterocycles. The summed E-state index contributed by atoms with van der Waals surface area (Å²) in [5.41, 5.74) is 1.03. The first kappa shape index (κ1) is 15.6. The monoisotopic (exact) mass is 342 g/mol. The molecule has 4 rings (SSSR count). The lowest BCUT2D eigenvalue weighted by molar-refractivity contribution is 0.0954. The van der Waals surface area contributed by atoms with Crippen LogP contribution in [0.1, 0.15) is 64.7 Å². The number of para-hydroxylation sites is 1. The highest BCUT2D eigenvalue weighted by atomic mass is 32.1. The van der Waals surface area contributed by atoms with Gasteiger partial charge in [0.25, 0.3) is 5.91 Å². The molecular weight excluding hydrogens is 320 g/mol. The lowest BCUT2D eigenvalue weighted by Gasteiger charge is -2.16. The third-order valence-corrected chi connectivity index (χ3v) is 5.84. The maximum absolute atomic E-state index is 12.3. The summed E-state index contributed by atoms with van der Waals surface area (Å²) in [6, 6.07) is 7.99. The summed E-state index contributed by atoms with van der Waals surface area (Å²) in [6.07, 6.45) is 9.20. The largest absolute Gasteiger partial charge is 0.490 e. The van der Waals surface area contributed by atoms with Gasteiger partial charge in [-0.15, -0.1) is 11.3 Å². The molecule has 1 aromatic carbocycles. The molecule has 126 valence electrons. The van der Waals surface area contributed by atoms with Crippen molar-refractivity contribution in [3.05, 3.63) is 45.9 Å². The van der Waals surface area contributed by atoms with Crippen molar-refractivity contribution in [2.24, 2.45) is 0 Å². The fraction of sp³-hybridized carbons (Fsp3) is 0.474.